The number of nitriles is 1. The zero-order chi connectivity index (χ0) is 22.2. The molecule has 8 nitrogen and oxygen atoms in total. The normalized spacial score (nSPS) is 21.7. The van der Waals surface area contributed by atoms with Gasteiger partial charge in [-0.3, -0.25) is 4.79 Å². The number of benzene rings is 2. The van der Waals surface area contributed by atoms with Crippen molar-refractivity contribution in [3.8, 4) is 6.07 Å². The molecule has 1 saturated heterocycles. The van der Waals surface area contributed by atoms with E-state index in [1.165, 1.54) is 21.3 Å². The summed E-state index contributed by atoms with van der Waals surface area (Å²) < 4.78 is 32.8. The molecule has 0 N–H and O–H groups in total. The topological polar surface area (TPSA) is 108 Å². The molecular weight excluding hydrogens is 418 g/mol. The highest BCUT2D eigenvalue weighted by Gasteiger charge is 2.45. The van der Waals surface area contributed by atoms with Gasteiger partial charge < -0.3 is 9.64 Å². The number of rotatable bonds is 3. The van der Waals surface area contributed by atoms with Gasteiger partial charge in [0.1, 0.15) is 6.07 Å². The van der Waals surface area contributed by atoms with Gasteiger partial charge in [0, 0.05) is 32.6 Å². The molecule has 0 aliphatic carbocycles. The summed E-state index contributed by atoms with van der Waals surface area (Å²) >= 11 is 0. The van der Waals surface area contributed by atoms with Crippen molar-refractivity contribution >= 4 is 21.9 Å². The van der Waals surface area contributed by atoms with Gasteiger partial charge in [0.05, 0.1) is 16.0 Å². The van der Waals surface area contributed by atoms with Crippen molar-refractivity contribution in [3.63, 3.8) is 0 Å². The third kappa shape index (κ3) is 3.69. The van der Waals surface area contributed by atoms with Crippen LogP contribution in [-0.2, 0) is 26.0 Å². The first-order chi connectivity index (χ1) is 14.8. The SMILES string of the molecule is CC1(C(=O)N2CCN(S(=O)(=O)c3ccccc3C#N)CC2)Cc2ccccc2C(=O)O1. The van der Waals surface area contributed by atoms with Gasteiger partial charge in [-0.05, 0) is 30.7 Å². The Morgan fingerprint density at radius 1 is 1.06 bits per heavy atom. The van der Waals surface area contributed by atoms with E-state index in [4.69, 9.17) is 4.74 Å². The van der Waals surface area contributed by atoms with Crippen LogP contribution in [0.25, 0.3) is 0 Å². The Hall–Kier alpha value is -3.22. The standard InChI is InChI=1S/C22H21N3O5S/c1-22(14-16-6-2-4-8-18(16)20(26)30-22)21(27)24-10-12-25(13-11-24)31(28,29)19-9-5-3-7-17(19)15-23/h2-9H,10-14H2,1H3. The predicted molar refractivity (Wildman–Crippen MR) is 110 cm³/mol. The van der Waals surface area contributed by atoms with Gasteiger partial charge >= 0.3 is 5.97 Å². The summed E-state index contributed by atoms with van der Waals surface area (Å²) in [6, 6.07) is 15.0. The average Bonchev–Trinajstić information content (AvgIpc) is 2.78. The fraction of sp³-hybridized carbons (Fsp3) is 0.318. The van der Waals surface area contributed by atoms with E-state index >= 15 is 0 Å². The van der Waals surface area contributed by atoms with Crippen LogP contribution in [0.15, 0.2) is 53.4 Å². The van der Waals surface area contributed by atoms with Crippen molar-refractivity contribution < 1.29 is 22.7 Å². The molecule has 4 rings (SSSR count). The molecule has 1 atom stereocenters. The second-order valence-corrected chi connectivity index (χ2v) is 9.66. The fourth-order valence-corrected chi connectivity index (χ4v) is 5.61. The molecular formula is C22H21N3O5S. The number of hydrogen-bond donors (Lipinski definition) is 0. The van der Waals surface area contributed by atoms with E-state index in [9.17, 15) is 23.3 Å². The van der Waals surface area contributed by atoms with Gasteiger partial charge in [-0.15, -0.1) is 0 Å². The second-order valence-electron chi connectivity index (χ2n) is 7.76. The summed E-state index contributed by atoms with van der Waals surface area (Å²) in [5, 5.41) is 9.23. The number of piperazine rings is 1. The molecule has 0 spiro atoms. The minimum Gasteiger partial charge on any atom is -0.445 e. The predicted octanol–water partition coefficient (Wildman–Crippen LogP) is 1.56. The van der Waals surface area contributed by atoms with Crippen molar-refractivity contribution in [2.75, 3.05) is 26.2 Å². The van der Waals surface area contributed by atoms with Gasteiger partial charge in [0.2, 0.25) is 10.0 Å². The minimum atomic E-state index is -3.86. The lowest BCUT2D eigenvalue weighted by molar-refractivity contribution is -0.152. The molecule has 0 saturated carbocycles. The molecule has 0 radical (unpaired) electrons. The number of ether oxygens (including phenoxy) is 1. The summed E-state index contributed by atoms with van der Waals surface area (Å²) in [7, 11) is -3.86. The van der Waals surface area contributed by atoms with Crippen LogP contribution >= 0.6 is 0 Å². The van der Waals surface area contributed by atoms with Crippen LogP contribution in [0.3, 0.4) is 0 Å². The van der Waals surface area contributed by atoms with Crippen LogP contribution in [0.4, 0.5) is 0 Å². The number of carbonyl (C=O) groups excluding carboxylic acids is 2. The van der Waals surface area contributed by atoms with Gasteiger partial charge in [-0.2, -0.15) is 9.57 Å². The molecule has 31 heavy (non-hydrogen) atoms. The van der Waals surface area contributed by atoms with Crippen LogP contribution in [0.2, 0.25) is 0 Å². The molecule has 1 amide bonds. The Kier molecular flexibility index (Phi) is 5.29. The highest BCUT2D eigenvalue weighted by Crippen LogP contribution is 2.30. The molecule has 0 aromatic heterocycles. The van der Waals surface area contributed by atoms with Gasteiger partial charge in [-0.1, -0.05) is 30.3 Å². The minimum absolute atomic E-state index is 0.0398. The Morgan fingerprint density at radius 2 is 1.71 bits per heavy atom. The molecule has 2 aromatic carbocycles. The van der Waals surface area contributed by atoms with E-state index in [1.807, 2.05) is 12.1 Å². The number of hydrogen-bond acceptors (Lipinski definition) is 6. The number of amides is 1. The number of carbonyl (C=O) groups is 2. The quantitative estimate of drug-likeness (QED) is 0.672. The lowest BCUT2D eigenvalue weighted by Gasteiger charge is -2.40. The summed E-state index contributed by atoms with van der Waals surface area (Å²) in [5.41, 5.74) is -0.0371. The lowest BCUT2D eigenvalue weighted by atomic mass is 9.89. The van der Waals surface area contributed by atoms with Crippen LogP contribution < -0.4 is 0 Å². The molecule has 160 valence electrons. The maximum atomic E-state index is 13.2. The lowest BCUT2D eigenvalue weighted by Crippen LogP contribution is -2.58. The summed E-state index contributed by atoms with van der Waals surface area (Å²) in [6.07, 6.45) is 0.266. The average molecular weight is 439 g/mol. The van der Waals surface area contributed by atoms with Gasteiger partial charge in [0.15, 0.2) is 5.60 Å². The maximum absolute atomic E-state index is 13.2. The number of fused-ring (bicyclic) bond motifs is 1. The highest BCUT2D eigenvalue weighted by molar-refractivity contribution is 7.89. The van der Waals surface area contributed by atoms with Crippen molar-refractivity contribution in [3.05, 3.63) is 65.2 Å². The van der Waals surface area contributed by atoms with Crippen LogP contribution in [0, 0.1) is 11.3 Å². The molecule has 1 fully saturated rings. The zero-order valence-electron chi connectivity index (χ0n) is 16.9. The fourth-order valence-electron chi connectivity index (χ4n) is 4.04. The molecule has 0 bridgehead atoms. The highest BCUT2D eigenvalue weighted by atomic mass is 32.2. The molecule has 2 aliphatic rings. The Morgan fingerprint density at radius 3 is 2.42 bits per heavy atom. The van der Waals surface area contributed by atoms with E-state index in [1.54, 1.807) is 37.3 Å². The number of nitrogens with zero attached hydrogens (tertiary/aromatic N) is 3. The van der Waals surface area contributed by atoms with Crippen LogP contribution in [0.1, 0.15) is 28.4 Å². The number of esters is 1. The van der Waals surface area contributed by atoms with Crippen LogP contribution in [-0.4, -0.2) is 61.3 Å². The summed E-state index contributed by atoms with van der Waals surface area (Å²) in [4.78, 5) is 27.1. The molecule has 2 heterocycles. The zero-order valence-corrected chi connectivity index (χ0v) is 17.8. The summed E-state index contributed by atoms with van der Waals surface area (Å²) in [5.74, 6) is -0.878. The Balaban J connectivity index is 1.49. The number of sulfonamides is 1. The van der Waals surface area contributed by atoms with E-state index < -0.39 is 21.6 Å². The smallest absolute Gasteiger partial charge is 0.339 e. The third-order valence-corrected chi connectivity index (χ3v) is 7.64. The van der Waals surface area contributed by atoms with Gasteiger partial charge in [-0.25, -0.2) is 13.2 Å². The first-order valence-corrected chi connectivity index (χ1v) is 11.3. The largest absolute Gasteiger partial charge is 0.445 e. The first kappa shape index (κ1) is 21.0. The van der Waals surface area contributed by atoms with E-state index in [0.29, 0.717) is 5.56 Å². The van der Waals surface area contributed by atoms with Gasteiger partial charge in [0.25, 0.3) is 5.91 Å². The van der Waals surface area contributed by atoms with E-state index in [-0.39, 0.29) is 49.0 Å². The van der Waals surface area contributed by atoms with Crippen LogP contribution in [0.5, 0.6) is 0 Å². The van der Waals surface area contributed by atoms with E-state index in [0.717, 1.165) is 5.56 Å². The Bertz CT molecular complexity index is 1200. The molecule has 2 aliphatic heterocycles. The second kappa shape index (κ2) is 7.80. The maximum Gasteiger partial charge on any atom is 0.339 e. The third-order valence-electron chi connectivity index (χ3n) is 5.69. The molecule has 1 unspecified atom stereocenters. The van der Waals surface area contributed by atoms with Crippen molar-refractivity contribution in [1.82, 2.24) is 9.21 Å². The van der Waals surface area contributed by atoms with Crippen molar-refractivity contribution in [2.24, 2.45) is 0 Å². The van der Waals surface area contributed by atoms with Crippen molar-refractivity contribution in [2.45, 2.75) is 23.8 Å². The Labute approximate surface area is 180 Å². The molecule has 2 aromatic rings. The van der Waals surface area contributed by atoms with Crippen molar-refractivity contribution in [1.29, 1.82) is 5.26 Å². The molecule has 9 heteroatoms. The van der Waals surface area contributed by atoms with E-state index in [2.05, 4.69) is 0 Å². The summed E-state index contributed by atoms with van der Waals surface area (Å²) in [6.45, 7) is 2.11. The monoisotopic (exact) mass is 439 g/mol. The number of cyclic esters (lactones) is 1. The first-order valence-electron chi connectivity index (χ1n) is 9.86.